The van der Waals surface area contributed by atoms with Crippen LogP contribution in [0.2, 0.25) is 0 Å². The molecule has 0 atom stereocenters. The normalized spacial score (nSPS) is 14.5. The van der Waals surface area contributed by atoms with Gasteiger partial charge in [-0.2, -0.15) is 0 Å². The third kappa shape index (κ3) is 4.56. The topological polar surface area (TPSA) is 114 Å². The van der Waals surface area contributed by atoms with Crippen molar-refractivity contribution in [3.8, 4) is 17.1 Å². The molecule has 0 bridgehead atoms. The first-order chi connectivity index (χ1) is 16.8. The highest BCUT2D eigenvalue weighted by Crippen LogP contribution is 2.33. The number of morpholine rings is 1. The fraction of sp³-hybridized carbons (Fsp3) is 0.320. The molecule has 0 unspecified atom stereocenters. The number of hydrogen-bond donors (Lipinski definition) is 3. The predicted octanol–water partition coefficient (Wildman–Crippen LogP) is 3.96. The summed E-state index contributed by atoms with van der Waals surface area (Å²) in [5.74, 6) is 0.686. The minimum absolute atomic E-state index is 0.0260. The van der Waals surface area contributed by atoms with E-state index in [1.807, 2.05) is 18.2 Å². The summed E-state index contributed by atoms with van der Waals surface area (Å²) in [5.41, 5.74) is 14.0. The van der Waals surface area contributed by atoms with Crippen LogP contribution in [0, 0.1) is 20.8 Å². The molecule has 1 amide bonds. The summed E-state index contributed by atoms with van der Waals surface area (Å²) in [5, 5.41) is 3.05. The van der Waals surface area contributed by atoms with Gasteiger partial charge in [-0.15, -0.1) is 0 Å². The zero-order valence-electron chi connectivity index (χ0n) is 20.0. The van der Waals surface area contributed by atoms with Crippen molar-refractivity contribution in [2.75, 3.05) is 43.9 Å². The highest BCUT2D eigenvalue weighted by Gasteiger charge is 2.19. The number of imidazole rings is 1. The van der Waals surface area contributed by atoms with E-state index in [-0.39, 0.29) is 5.91 Å². The number of amides is 1. The molecule has 5 rings (SSSR count). The Bertz CT molecular complexity index is 1420. The van der Waals surface area contributed by atoms with E-state index in [9.17, 15) is 4.79 Å². The van der Waals surface area contributed by atoms with Crippen molar-refractivity contribution < 1.29 is 9.53 Å². The van der Waals surface area contributed by atoms with E-state index in [1.165, 1.54) is 0 Å². The Kier molecular flexibility index (Phi) is 6.35. The molecule has 4 N–H and O–H groups in total. The minimum atomic E-state index is -0.0260. The van der Waals surface area contributed by atoms with Crippen LogP contribution in [0.3, 0.4) is 0 Å². The molecule has 1 fully saturated rings. The maximum absolute atomic E-state index is 12.6. The number of benzene rings is 1. The molecule has 1 aliphatic heterocycles. The zero-order valence-corrected chi connectivity index (χ0v) is 21.6. The molecule has 9 nitrogen and oxygen atoms in total. The van der Waals surface area contributed by atoms with Gasteiger partial charge in [0.2, 0.25) is 5.91 Å². The smallest absolute Gasteiger partial charge is 0.238 e. The van der Waals surface area contributed by atoms with Crippen molar-refractivity contribution in [1.82, 2.24) is 24.4 Å². The average molecular weight is 538 g/mol. The van der Waals surface area contributed by atoms with E-state index in [0.717, 1.165) is 51.5 Å². The maximum Gasteiger partial charge on any atom is 0.238 e. The van der Waals surface area contributed by atoms with E-state index in [1.54, 1.807) is 6.20 Å². The summed E-state index contributed by atoms with van der Waals surface area (Å²) >= 11 is 3.42. The quantitative estimate of drug-likeness (QED) is 0.355. The number of ether oxygens (including phenoxy) is 1. The number of nitrogen functional groups attached to an aromatic ring is 1. The van der Waals surface area contributed by atoms with Crippen LogP contribution in [-0.4, -0.2) is 63.2 Å². The summed E-state index contributed by atoms with van der Waals surface area (Å²) in [4.78, 5) is 27.1. The van der Waals surface area contributed by atoms with Gasteiger partial charge >= 0.3 is 0 Å². The van der Waals surface area contributed by atoms with Gasteiger partial charge in [-0.1, -0.05) is 6.07 Å². The lowest BCUT2D eigenvalue weighted by atomic mass is 10.1. The summed E-state index contributed by atoms with van der Waals surface area (Å²) < 4.78 is 8.28. The number of rotatable bonds is 5. The van der Waals surface area contributed by atoms with E-state index in [0.29, 0.717) is 42.4 Å². The molecule has 0 saturated carbocycles. The number of anilines is 2. The maximum atomic E-state index is 12.6. The molecule has 0 spiro atoms. The van der Waals surface area contributed by atoms with Gasteiger partial charge in [0.1, 0.15) is 11.3 Å². The van der Waals surface area contributed by atoms with Crippen LogP contribution in [0.25, 0.3) is 28.2 Å². The number of carbonyl (C=O) groups excluding carboxylic acids is 1. The lowest BCUT2D eigenvalue weighted by Crippen LogP contribution is -2.41. The number of carbonyl (C=O) groups is 1. The largest absolute Gasteiger partial charge is 0.396 e. The summed E-state index contributed by atoms with van der Waals surface area (Å²) in [6, 6.07) is 8.09. The highest BCUT2D eigenvalue weighted by molar-refractivity contribution is 9.10. The molecular formula is C25H28BrN7O2. The third-order valence-corrected chi connectivity index (χ3v) is 7.03. The molecular weight excluding hydrogens is 510 g/mol. The molecule has 1 saturated heterocycles. The Morgan fingerprint density at radius 1 is 1.23 bits per heavy atom. The Hall–Kier alpha value is -3.21. The zero-order chi connectivity index (χ0) is 24.7. The molecule has 10 heteroatoms. The number of aromatic nitrogens is 4. The van der Waals surface area contributed by atoms with Gasteiger partial charge in [0.25, 0.3) is 0 Å². The van der Waals surface area contributed by atoms with Gasteiger partial charge in [0.05, 0.1) is 35.6 Å². The molecule has 0 aliphatic carbocycles. The Labute approximate surface area is 211 Å². The number of aryl methyl sites for hydroxylation is 2. The van der Waals surface area contributed by atoms with E-state index >= 15 is 0 Å². The van der Waals surface area contributed by atoms with Crippen molar-refractivity contribution >= 4 is 44.4 Å². The van der Waals surface area contributed by atoms with Crippen LogP contribution in [0.1, 0.15) is 17.0 Å². The van der Waals surface area contributed by atoms with Crippen LogP contribution >= 0.6 is 15.9 Å². The van der Waals surface area contributed by atoms with Crippen LogP contribution in [0.15, 0.2) is 34.9 Å². The van der Waals surface area contributed by atoms with E-state index in [2.05, 4.69) is 72.5 Å². The van der Waals surface area contributed by atoms with Gasteiger partial charge in [-0.25, -0.2) is 9.97 Å². The number of nitrogens with zero attached hydrogens (tertiary/aromatic N) is 4. The number of fused-ring (bicyclic) bond motifs is 1. The van der Waals surface area contributed by atoms with Crippen LogP contribution in [-0.2, 0) is 9.53 Å². The fourth-order valence-corrected chi connectivity index (χ4v) is 4.84. The van der Waals surface area contributed by atoms with Gasteiger partial charge < -0.3 is 25.3 Å². The number of H-pyrrole nitrogens is 1. The SMILES string of the molecule is Cc1ccc(NC(=O)CN2CCOCC2)cc1-n1c(C)cc(-c2nc3ncc(Br)c(N)c3[nH]2)c1C. The van der Waals surface area contributed by atoms with Crippen molar-refractivity contribution in [3.05, 3.63) is 51.9 Å². The van der Waals surface area contributed by atoms with Crippen molar-refractivity contribution in [3.63, 3.8) is 0 Å². The molecule has 4 aromatic rings. The lowest BCUT2D eigenvalue weighted by Gasteiger charge is -2.25. The lowest BCUT2D eigenvalue weighted by molar-refractivity contribution is -0.118. The van der Waals surface area contributed by atoms with Gasteiger partial charge in [0.15, 0.2) is 5.65 Å². The number of nitrogens with two attached hydrogens (primary N) is 1. The first-order valence-corrected chi connectivity index (χ1v) is 12.3. The van der Waals surface area contributed by atoms with Crippen LogP contribution in [0.5, 0.6) is 0 Å². The van der Waals surface area contributed by atoms with Crippen LogP contribution < -0.4 is 11.1 Å². The Morgan fingerprint density at radius 2 is 2.00 bits per heavy atom. The molecule has 35 heavy (non-hydrogen) atoms. The number of hydrogen-bond acceptors (Lipinski definition) is 6. The van der Waals surface area contributed by atoms with Gasteiger partial charge in [0, 0.05) is 41.9 Å². The standard InChI is InChI=1S/C25H28BrN7O2/c1-14-4-5-17(29-21(34)13-32-6-8-35-9-7-32)11-20(14)33-15(2)10-18(16(33)3)24-30-23-22(27)19(26)12-28-25(23)31-24/h4-5,10-12H,6-9,13H2,1-3H3,(H,29,34)(H3,27,28,30,31). The number of aromatic amines is 1. The number of nitrogens with one attached hydrogen (secondary N) is 2. The molecule has 0 radical (unpaired) electrons. The van der Waals surface area contributed by atoms with Gasteiger partial charge in [-0.05, 0) is 60.5 Å². The van der Waals surface area contributed by atoms with Crippen molar-refractivity contribution in [1.29, 1.82) is 0 Å². The predicted molar refractivity (Wildman–Crippen MR) is 141 cm³/mol. The molecule has 3 aromatic heterocycles. The van der Waals surface area contributed by atoms with Crippen LogP contribution in [0.4, 0.5) is 11.4 Å². The minimum Gasteiger partial charge on any atom is -0.396 e. The van der Waals surface area contributed by atoms with Crippen molar-refractivity contribution in [2.24, 2.45) is 0 Å². The Morgan fingerprint density at radius 3 is 2.77 bits per heavy atom. The summed E-state index contributed by atoms with van der Waals surface area (Å²) in [6.45, 7) is 9.43. The van der Waals surface area contributed by atoms with Gasteiger partial charge in [-0.3, -0.25) is 9.69 Å². The number of pyridine rings is 1. The van der Waals surface area contributed by atoms with Crippen molar-refractivity contribution in [2.45, 2.75) is 20.8 Å². The highest BCUT2D eigenvalue weighted by atomic mass is 79.9. The second kappa shape index (κ2) is 9.44. The second-order valence-electron chi connectivity index (χ2n) is 8.86. The summed E-state index contributed by atoms with van der Waals surface area (Å²) in [6.07, 6.45) is 1.66. The first kappa shape index (κ1) is 23.5. The average Bonchev–Trinajstić information content (AvgIpc) is 3.39. The van der Waals surface area contributed by atoms with E-state index < -0.39 is 0 Å². The first-order valence-electron chi connectivity index (χ1n) is 11.5. The molecule has 1 aromatic carbocycles. The summed E-state index contributed by atoms with van der Waals surface area (Å²) in [7, 11) is 0. The molecule has 182 valence electrons. The molecule has 4 heterocycles. The second-order valence-corrected chi connectivity index (χ2v) is 9.72. The fourth-order valence-electron chi connectivity index (χ4n) is 4.54. The van der Waals surface area contributed by atoms with E-state index in [4.69, 9.17) is 10.5 Å². The third-order valence-electron chi connectivity index (χ3n) is 6.40. The molecule has 1 aliphatic rings. The Balaban J connectivity index is 1.45. The number of halogens is 1. The monoisotopic (exact) mass is 537 g/mol.